The molecule has 1 aliphatic heterocycles. The smallest absolute Gasteiger partial charge is 0.352 e. The molecule has 1 aromatic heterocycles. The Labute approximate surface area is 139 Å². The summed E-state index contributed by atoms with van der Waals surface area (Å²) in [4.78, 5) is 21.1. The predicted octanol–water partition coefficient (Wildman–Crippen LogP) is 2.15. The number of ether oxygens (including phenoxy) is 1. The number of piperazine rings is 1. The van der Waals surface area contributed by atoms with Gasteiger partial charge in [0.25, 0.3) is 0 Å². The first-order valence-corrected chi connectivity index (χ1v) is 8.31. The van der Waals surface area contributed by atoms with Crippen molar-refractivity contribution in [2.24, 2.45) is 0 Å². The Balaban J connectivity index is 1.73. The molecule has 7 heteroatoms. The normalized spacial score (nSPS) is 14.9. The largest absolute Gasteiger partial charge is 0.465 e. The fraction of sp³-hybridized carbons (Fsp3) is 0.375. The average molecular weight is 332 g/mol. The summed E-state index contributed by atoms with van der Waals surface area (Å²) in [5, 5.41) is 0.390. The minimum absolute atomic E-state index is 0.379. The molecule has 1 aliphatic rings. The first-order valence-electron chi connectivity index (χ1n) is 7.49. The molecule has 0 atom stereocenters. The van der Waals surface area contributed by atoms with Crippen molar-refractivity contribution in [1.29, 1.82) is 0 Å². The minimum Gasteiger partial charge on any atom is -0.465 e. The number of aryl methyl sites for hydroxylation is 1. The molecule has 1 saturated heterocycles. The molecule has 1 fully saturated rings. The summed E-state index contributed by atoms with van der Waals surface area (Å²) in [6, 6.07) is 8.49. The molecule has 2 heterocycles. The van der Waals surface area contributed by atoms with E-state index in [1.165, 1.54) is 29.7 Å². The highest BCUT2D eigenvalue weighted by Crippen LogP contribution is 2.30. The van der Waals surface area contributed by atoms with Gasteiger partial charge in [-0.15, -0.1) is 0 Å². The highest BCUT2D eigenvalue weighted by atomic mass is 32.1. The molecule has 1 aromatic carbocycles. The third kappa shape index (κ3) is 3.24. The van der Waals surface area contributed by atoms with Crippen molar-refractivity contribution in [1.82, 2.24) is 4.98 Å². The van der Waals surface area contributed by atoms with Gasteiger partial charge in [-0.2, -0.15) is 0 Å². The van der Waals surface area contributed by atoms with Gasteiger partial charge in [0, 0.05) is 31.9 Å². The first-order chi connectivity index (χ1) is 11.1. The molecule has 6 nitrogen and oxygen atoms in total. The summed E-state index contributed by atoms with van der Waals surface area (Å²) in [5.74, 6) is 0.263. The topological polar surface area (TPSA) is 71.7 Å². The Bertz CT molecular complexity index is 708. The molecule has 0 spiro atoms. The van der Waals surface area contributed by atoms with Gasteiger partial charge in [0.2, 0.25) is 0 Å². The number of anilines is 3. The SMILES string of the molecule is COC(=O)c1sc(N)nc1N1CCN(c2cccc(C)c2)CC1. The highest BCUT2D eigenvalue weighted by Gasteiger charge is 2.26. The van der Waals surface area contributed by atoms with E-state index >= 15 is 0 Å². The van der Waals surface area contributed by atoms with Gasteiger partial charge >= 0.3 is 5.97 Å². The lowest BCUT2D eigenvalue weighted by Crippen LogP contribution is -2.47. The van der Waals surface area contributed by atoms with Crippen LogP contribution < -0.4 is 15.5 Å². The lowest BCUT2D eigenvalue weighted by molar-refractivity contribution is 0.0606. The van der Waals surface area contributed by atoms with E-state index in [2.05, 4.69) is 46.0 Å². The Morgan fingerprint density at radius 1 is 1.26 bits per heavy atom. The van der Waals surface area contributed by atoms with Crippen LogP contribution in [0.25, 0.3) is 0 Å². The van der Waals surface area contributed by atoms with Gasteiger partial charge in [-0.3, -0.25) is 0 Å². The van der Waals surface area contributed by atoms with Crippen molar-refractivity contribution in [3.63, 3.8) is 0 Å². The maximum atomic E-state index is 11.9. The maximum Gasteiger partial charge on any atom is 0.352 e. The van der Waals surface area contributed by atoms with Gasteiger partial charge in [0.1, 0.15) is 0 Å². The van der Waals surface area contributed by atoms with E-state index in [0.717, 1.165) is 26.2 Å². The van der Waals surface area contributed by atoms with Crippen molar-refractivity contribution in [3.8, 4) is 0 Å². The van der Waals surface area contributed by atoms with E-state index in [0.29, 0.717) is 15.8 Å². The van der Waals surface area contributed by atoms with E-state index in [-0.39, 0.29) is 5.97 Å². The molecule has 2 N–H and O–H groups in total. The van der Waals surface area contributed by atoms with E-state index in [4.69, 9.17) is 10.5 Å². The van der Waals surface area contributed by atoms with E-state index < -0.39 is 0 Å². The fourth-order valence-electron chi connectivity index (χ4n) is 2.77. The van der Waals surface area contributed by atoms with Crippen molar-refractivity contribution in [2.75, 3.05) is 48.8 Å². The Kier molecular flexibility index (Phi) is 4.38. The molecule has 0 bridgehead atoms. The first kappa shape index (κ1) is 15.6. The molecule has 3 rings (SSSR count). The Hall–Kier alpha value is -2.28. The third-order valence-electron chi connectivity index (χ3n) is 3.94. The van der Waals surface area contributed by atoms with E-state index in [1.807, 2.05) is 0 Å². The zero-order chi connectivity index (χ0) is 16.4. The number of hydrogen-bond acceptors (Lipinski definition) is 7. The summed E-state index contributed by atoms with van der Waals surface area (Å²) < 4.78 is 4.82. The average Bonchev–Trinajstić information content (AvgIpc) is 2.96. The standard InChI is InChI=1S/C16H20N4O2S/c1-11-4-3-5-12(10-11)19-6-8-20(9-7-19)14-13(15(21)22-2)23-16(17)18-14/h3-5,10H,6-9H2,1-2H3,(H2,17,18). The lowest BCUT2D eigenvalue weighted by atomic mass is 10.2. The zero-order valence-corrected chi connectivity index (χ0v) is 14.1. The fourth-order valence-corrected chi connectivity index (χ4v) is 3.54. The van der Waals surface area contributed by atoms with Crippen LogP contribution in [0, 0.1) is 6.92 Å². The van der Waals surface area contributed by atoms with Crippen LogP contribution in [0.2, 0.25) is 0 Å². The van der Waals surface area contributed by atoms with Crippen molar-refractivity contribution >= 4 is 33.9 Å². The number of carbonyl (C=O) groups excluding carboxylic acids is 1. The number of hydrogen-bond donors (Lipinski definition) is 1. The summed E-state index contributed by atoms with van der Waals surface area (Å²) in [5.41, 5.74) is 8.26. The molecule has 0 radical (unpaired) electrons. The maximum absolute atomic E-state index is 11.9. The Morgan fingerprint density at radius 2 is 1.96 bits per heavy atom. The van der Waals surface area contributed by atoms with Crippen LogP contribution in [0.1, 0.15) is 15.2 Å². The van der Waals surface area contributed by atoms with Gasteiger partial charge < -0.3 is 20.3 Å². The monoisotopic (exact) mass is 332 g/mol. The molecule has 122 valence electrons. The summed E-state index contributed by atoms with van der Waals surface area (Å²) in [6.45, 7) is 5.44. The van der Waals surface area contributed by atoms with Gasteiger partial charge in [-0.1, -0.05) is 23.5 Å². The number of aromatic nitrogens is 1. The minimum atomic E-state index is -0.379. The number of rotatable bonds is 3. The molecule has 0 saturated carbocycles. The van der Waals surface area contributed by atoms with Crippen LogP contribution in [0.4, 0.5) is 16.6 Å². The lowest BCUT2D eigenvalue weighted by Gasteiger charge is -2.36. The van der Waals surface area contributed by atoms with Gasteiger partial charge in [-0.25, -0.2) is 9.78 Å². The molecule has 23 heavy (non-hydrogen) atoms. The number of methoxy groups -OCH3 is 1. The van der Waals surface area contributed by atoms with Crippen LogP contribution in [-0.4, -0.2) is 44.2 Å². The number of carbonyl (C=O) groups is 1. The van der Waals surface area contributed by atoms with Gasteiger partial charge in [-0.05, 0) is 24.6 Å². The zero-order valence-electron chi connectivity index (χ0n) is 13.3. The number of nitrogen functional groups attached to an aromatic ring is 1. The second-order valence-electron chi connectivity index (χ2n) is 5.51. The van der Waals surface area contributed by atoms with Gasteiger partial charge in [0.05, 0.1) is 7.11 Å². The summed E-state index contributed by atoms with van der Waals surface area (Å²) >= 11 is 1.18. The van der Waals surface area contributed by atoms with Crippen LogP contribution >= 0.6 is 11.3 Å². The Morgan fingerprint density at radius 3 is 2.61 bits per heavy atom. The number of esters is 1. The van der Waals surface area contributed by atoms with Crippen LogP contribution in [0.5, 0.6) is 0 Å². The second-order valence-corrected chi connectivity index (χ2v) is 6.54. The van der Waals surface area contributed by atoms with E-state index in [9.17, 15) is 4.79 Å². The van der Waals surface area contributed by atoms with Crippen molar-refractivity contribution < 1.29 is 9.53 Å². The molecular weight excluding hydrogens is 312 g/mol. The van der Waals surface area contributed by atoms with Crippen molar-refractivity contribution in [2.45, 2.75) is 6.92 Å². The molecule has 0 unspecified atom stereocenters. The molecule has 0 aliphatic carbocycles. The number of benzene rings is 1. The number of thiazole rings is 1. The summed E-state index contributed by atoms with van der Waals surface area (Å²) in [7, 11) is 1.37. The summed E-state index contributed by atoms with van der Waals surface area (Å²) in [6.07, 6.45) is 0. The third-order valence-corrected chi connectivity index (χ3v) is 4.80. The number of nitrogens with zero attached hydrogens (tertiary/aromatic N) is 3. The van der Waals surface area contributed by atoms with Gasteiger partial charge in [0.15, 0.2) is 15.8 Å². The van der Waals surface area contributed by atoms with Crippen LogP contribution in [0.15, 0.2) is 24.3 Å². The molecule has 2 aromatic rings. The highest BCUT2D eigenvalue weighted by molar-refractivity contribution is 7.17. The number of nitrogens with two attached hydrogens (primary N) is 1. The van der Waals surface area contributed by atoms with Crippen molar-refractivity contribution in [3.05, 3.63) is 34.7 Å². The van der Waals surface area contributed by atoms with Crippen LogP contribution in [0.3, 0.4) is 0 Å². The second kappa shape index (κ2) is 6.45. The molecular formula is C16H20N4O2S. The predicted molar refractivity (Wildman–Crippen MR) is 93.5 cm³/mol. The van der Waals surface area contributed by atoms with E-state index in [1.54, 1.807) is 0 Å². The molecule has 0 amide bonds. The quantitative estimate of drug-likeness (QED) is 0.869. The van der Waals surface area contributed by atoms with Crippen LogP contribution in [-0.2, 0) is 4.74 Å².